The van der Waals surface area contributed by atoms with Crippen molar-refractivity contribution in [3.8, 4) is 5.75 Å². The van der Waals surface area contributed by atoms with Gasteiger partial charge in [0.25, 0.3) is 0 Å². The fourth-order valence-corrected chi connectivity index (χ4v) is 2.69. The van der Waals surface area contributed by atoms with E-state index in [1.807, 2.05) is 38.1 Å². The number of nitrogens with one attached hydrogen (secondary N) is 1. The first-order valence-electron chi connectivity index (χ1n) is 6.20. The topological polar surface area (TPSA) is 55.4 Å². The molecule has 0 atom stereocenters. The van der Waals surface area contributed by atoms with E-state index in [4.69, 9.17) is 4.74 Å². The van der Waals surface area contributed by atoms with Crippen molar-refractivity contribution in [3.63, 3.8) is 0 Å². The van der Waals surface area contributed by atoms with E-state index >= 15 is 0 Å². The number of benzene rings is 1. The number of rotatable bonds is 8. The molecule has 1 aromatic rings. The molecule has 4 nitrogen and oxygen atoms in total. The fraction of sp³-hybridized carbons (Fsp3) is 0.538. The Morgan fingerprint density at radius 3 is 2.78 bits per heavy atom. The van der Waals surface area contributed by atoms with E-state index in [0.29, 0.717) is 19.6 Å². The van der Waals surface area contributed by atoms with E-state index in [2.05, 4.69) is 4.72 Å². The van der Waals surface area contributed by atoms with Gasteiger partial charge >= 0.3 is 0 Å². The van der Waals surface area contributed by atoms with E-state index in [1.54, 1.807) is 0 Å². The SMILES string of the molecule is CCCCS(=O)(=O)NCCOc1cccc(C)c1. The van der Waals surface area contributed by atoms with Gasteiger partial charge in [-0.1, -0.05) is 25.5 Å². The van der Waals surface area contributed by atoms with Crippen molar-refractivity contribution in [2.24, 2.45) is 0 Å². The van der Waals surface area contributed by atoms with Crippen LogP contribution in [0.2, 0.25) is 0 Å². The van der Waals surface area contributed by atoms with Crippen molar-refractivity contribution in [1.82, 2.24) is 4.72 Å². The molecule has 1 N–H and O–H groups in total. The first-order chi connectivity index (χ1) is 8.53. The molecule has 0 spiro atoms. The molecule has 1 aromatic carbocycles. The van der Waals surface area contributed by atoms with Crippen LogP contribution in [0.15, 0.2) is 24.3 Å². The summed E-state index contributed by atoms with van der Waals surface area (Å²) < 4.78 is 31.0. The third-order valence-corrected chi connectivity index (χ3v) is 3.92. The summed E-state index contributed by atoms with van der Waals surface area (Å²) in [5, 5.41) is 0. The molecule has 0 aliphatic heterocycles. The predicted molar refractivity (Wildman–Crippen MR) is 73.4 cm³/mol. The average molecular weight is 271 g/mol. The molecule has 0 radical (unpaired) electrons. The lowest BCUT2D eigenvalue weighted by Gasteiger charge is -2.08. The number of hydrogen-bond acceptors (Lipinski definition) is 3. The van der Waals surface area contributed by atoms with Crippen LogP contribution in [0.25, 0.3) is 0 Å². The molecule has 0 unspecified atom stereocenters. The van der Waals surface area contributed by atoms with Gasteiger partial charge in [-0.15, -0.1) is 0 Å². The van der Waals surface area contributed by atoms with Gasteiger partial charge < -0.3 is 4.74 Å². The zero-order valence-corrected chi connectivity index (χ0v) is 11.8. The number of hydrogen-bond donors (Lipinski definition) is 1. The Balaban J connectivity index is 2.26. The monoisotopic (exact) mass is 271 g/mol. The third-order valence-electron chi connectivity index (χ3n) is 2.45. The molecule has 0 saturated carbocycles. The number of sulfonamides is 1. The van der Waals surface area contributed by atoms with Gasteiger partial charge in [0.15, 0.2) is 0 Å². The molecule has 0 saturated heterocycles. The Morgan fingerprint density at radius 2 is 2.11 bits per heavy atom. The third kappa shape index (κ3) is 6.02. The Morgan fingerprint density at radius 1 is 1.33 bits per heavy atom. The number of aryl methyl sites for hydroxylation is 1. The van der Waals surface area contributed by atoms with E-state index < -0.39 is 10.0 Å². The zero-order chi connectivity index (χ0) is 13.4. The Kier molecular flexibility index (Phi) is 6.15. The van der Waals surface area contributed by atoms with Gasteiger partial charge in [-0.05, 0) is 31.0 Å². The van der Waals surface area contributed by atoms with Crippen LogP contribution in [-0.2, 0) is 10.0 Å². The fourth-order valence-electron chi connectivity index (χ4n) is 1.48. The van der Waals surface area contributed by atoms with Crippen molar-refractivity contribution in [2.45, 2.75) is 26.7 Å². The van der Waals surface area contributed by atoms with Crippen molar-refractivity contribution in [3.05, 3.63) is 29.8 Å². The number of ether oxygens (including phenoxy) is 1. The molecular formula is C13H21NO3S. The molecule has 102 valence electrons. The van der Waals surface area contributed by atoms with E-state index in [1.165, 1.54) is 0 Å². The molecule has 18 heavy (non-hydrogen) atoms. The van der Waals surface area contributed by atoms with Gasteiger partial charge in [0.1, 0.15) is 12.4 Å². The van der Waals surface area contributed by atoms with Crippen LogP contribution in [0.5, 0.6) is 5.75 Å². The lowest BCUT2D eigenvalue weighted by Crippen LogP contribution is -2.30. The molecule has 0 bridgehead atoms. The Labute approximate surface area is 109 Å². The summed E-state index contributed by atoms with van der Waals surface area (Å²) in [5.74, 6) is 0.955. The first kappa shape index (κ1) is 15.0. The summed E-state index contributed by atoms with van der Waals surface area (Å²) >= 11 is 0. The van der Waals surface area contributed by atoms with Gasteiger partial charge in [0.05, 0.1) is 5.75 Å². The highest BCUT2D eigenvalue weighted by Crippen LogP contribution is 2.11. The maximum atomic E-state index is 11.5. The largest absolute Gasteiger partial charge is 0.492 e. The van der Waals surface area contributed by atoms with E-state index in [-0.39, 0.29) is 5.75 Å². The van der Waals surface area contributed by atoms with Crippen LogP contribution in [0, 0.1) is 6.92 Å². The highest BCUT2D eigenvalue weighted by molar-refractivity contribution is 7.89. The quantitative estimate of drug-likeness (QED) is 0.737. The maximum absolute atomic E-state index is 11.5. The van der Waals surface area contributed by atoms with Gasteiger partial charge in [0.2, 0.25) is 10.0 Å². The highest BCUT2D eigenvalue weighted by atomic mass is 32.2. The van der Waals surface area contributed by atoms with Crippen molar-refractivity contribution in [1.29, 1.82) is 0 Å². The Hall–Kier alpha value is -1.07. The van der Waals surface area contributed by atoms with Crippen LogP contribution in [0.1, 0.15) is 25.3 Å². The second kappa shape index (κ2) is 7.38. The normalized spacial score (nSPS) is 11.4. The molecule has 0 aromatic heterocycles. The van der Waals surface area contributed by atoms with Gasteiger partial charge in [0, 0.05) is 6.54 Å². The van der Waals surface area contributed by atoms with E-state index in [9.17, 15) is 8.42 Å². The molecule has 0 fully saturated rings. The van der Waals surface area contributed by atoms with Gasteiger partial charge in [-0.3, -0.25) is 0 Å². The summed E-state index contributed by atoms with van der Waals surface area (Å²) in [6.07, 6.45) is 1.56. The molecule has 0 aliphatic carbocycles. The minimum atomic E-state index is -3.14. The van der Waals surface area contributed by atoms with Crippen LogP contribution in [0.4, 0.5) is 0 Å². The second-order valence-corrected chi connectivity index (χ2v) is 6.16. The average Bonchev–Trinajstić information content (AvgIpc) is 2.32. The first-order valence-corrected chi connectivity index (χ1v) is 7.85. The number of unbranched alkanes of at least 4 members (excludes halogenated alkanes) is 1. The lowest BCUT2D eigenvalue weighted by molar-refractivity contribution is 0.322. The summed E-state index contributed by atoms with van der Waals surface area (Å²) in [4.78, 5) is 0. The van der Waals surface area contributed by atoms with Crippen molar-refractivity contribution in [2.75, 3.05) is 18.9 Å². The summed E-state index contributed by atoms with van der Waals surface area (Å²) in [5.41, 5.74) is 1.12. The van der Waals surface area contributed by atoms with Crippen molar-refractivity contribution >= 4 is 10.0 Å². The molecule has 0 amide bonds. The molecule has 1 rings (SSSR count). The predicted octanol–water partition coefficient (Wildman–Crippen LogP) is 2.09. The molecular weight excluding hydrogens is 250 g/mol. The van der Waals surface area contributed by atoms with Gasteiger partial charge in [-0.25, -0.2) is 13.1 Å². The van der Waals surface area contributed by atoms with Crippen molar-refractivity contribution < 1.29 is 13.2 Å². The van der Waals surface area contributed by atoms with Crippen LogP contribution < -0.4 is 9.46 Å². The standard InChI is InChI=1S/C13H21NO3S/c1-3-4-10-18(15,16)14-8-9-17-13-7-5-6-12(2)11-13/h5-7,11,14H,3-4,8-10H2,1-2H3. The van der Waals surface area contributed by atoms with Gasteiger partial charge in [-0.2, -0.15) is 0 Å². The highest BCUT2D eigenvalue weighted by Gasteiger charge is 2.07. The Bertz CT molecular complexity index is 457. The zero-order valence-electron chi connectivity index (χ0n) is 11.0. The van der Waals surface area contributed by atoms with Crippen LogP contribution >= 0.6 is 0 Å². The summed E-state index contributed by atoms with van der Waals surface area (Å²) in [6, 6.07) is 7.68. The van der Waals surface area contributed by atoms with Crippen LogP contribution in [0.3, 0.4) is 0 Å². The smallest absolute Gasteiger partial charge is 0.211 e. The van der Waals surface area contributed by atoms with E-state index in [0.717, 1.165) is 17.7 Å². The molecule has 5 heteroatoms. The minimum Gasteiger partial charge on any atom is -0.492 e. The second-order valence-electron chi connectivity index (χ2n) is 4.23. The lowest BCUT2D eigenvalue weighted by atomic mass is 10.2. The minimum absolute atomic E-state index is 0.188. The summed E-state index contributed by atoms with van der Waals surface area (Å²) in [6.45, 7) is 4.60. The van der Waals surface area contributed by atoms with Crippen LogP contribution in [-0.4, -0.2) is 27.3 Å². The molecule has 0 heterocycles. The summed E-state index contributed by atoms with van der Waals surface area (Å²) in [7, 11) is -3.14. The molecule has 0 aliphatic rings. The maximum Gasteiger partial charge on any atom is 0.211 e.